The molecule has 0 heterocycles. The molecular formula is C18H21N3O5S2. The standard InChI is InChI=1S/C18H21N3O5S2/c19-27(23,24)14-16-7-4-8-17(13-16)21-18(22)9-11-20-28(25,26)12-10-15-5-2-1-3-6-15/h1-8,10,12-13,20H,9,11,14H2,(H,21,22)(H2,19,23,24)/b12-10+. The average Bonchev–Trinajstić information content (AvgIpc) is 2.59. The van der Waals surface area contributed by atoms with Crippen molar-refractivity contribution >= 4 is 37.7 Å². The van der Waals surface area contributed by atoms with E-state index in [0.717, 1.165) is 11.0 Å². The van der Waals surface area contributed by atoms with Crippen LogP contribution >= 0.6 is 0 Å². The third-order valence-corrected chi connectivity index (χ3v) is 5.31. The minimum Gasteiger partial charge on any atom is -0.326 e. The summed E-state index contributed by atoms with van der Waals surface area (Å²) in [5.41, 5.74) is 1.58. The zero-order valence-corrected chi connectivity index (χ0v) is 16.5. The van der Waals surface area contributed by atoms with Crippen molar-refractivity contribution in [2.75, 3.05) is 11.9 Å². The lowest BCUT2D eigenvalue weighted by molar-refractivity contribution is -0.116. The molecule has 8 nitrogen and oxygen atoms in total. The maximum Gasteiger partial charge on any atom is 0.233 e. The molecule has 0 saturated heterocycles. The summed E-state index contributed by atoms with van der Waals surface area (Å²) in [6.45, 7) is -0.0792. The molecule has 0 fully saturated rings. The Hall–Kier alpha value is -2.53. The fourth-order valence-corrected chi connectivity index (χ4v) is 3.75. The number of hydrogen-bond donors (Lipinski definition) is 3. The Labute approximate surface area is 164 Å². The number of benzene rings is 2. The molecule has 0 aliphatic carbocycles. The molecule has 0 aromatic heterocycles. The molecule has 0 radical (unpaired) electrons. The molecule has 2 rings (SSSR count). The molecule has 0 atom stereocenters. The topological polar surface area (TPSA) is 135 Å². The van der Waals surface area contributed by atoms with E-state index in [1.54, 1.807) is 42.5 Å². The van der Waals surface area contributed by atoms with Gasteiger partial charge in [0.15, 0.2) is 0 Å². The third kappa shape index (κ3) is 8.44. The number of amides is 1. The fourth-order valence-electron chi connectivity index (χ4n) is 2.28. The van der Waals surface area contributed by atoms with Gasteiger partial charge in [0.1, 0.15) is 0 Å². The Morgan fingerprint density at radius 3 is 2.39 bits per heavy atom. The van der Waals surface area contributed by atoms with E-state index in [1.165, 1.54) is 12.1 Å². The number of nitrogens with one attached hydrogen (secondary N) is 2. The van der Waals surface area contributed by atoms with Gasteiger partial charge in [-0.2, -0.15) is 0 Å². The van der Waals surface area contributed by atoms with E-state index in [1.807, 2.05) is 6.07 Å². The van der Waals surface area contributed by atoms with Crippen LogP contribution in [0, 0.1) is 0 Å². The lowest BCUT2D eigenvalue weighted by atomic mass is 10.2. The summed E-state index contributed by atoms with van der Waals surface area (Å²) in [7, 11) is -7.34. The van der Waals surface area contributed by atoms with Crippen LogP contribution in [0.15, 0.2) is 60.0 Å². The molecule has 28 heavy (non-hydrogen) atoms. The van der Waals surface area contributed by atoms with E-state index >= 15 is 0 Å². The van der Waals surface area contributed by atoms with Gasteiger partial charge in [0.05, 0.1) is 5.75 Å². The molecule has 0 spiro atoms. The number of primary sulfonamides is 1. The number of carbonyl (C=O) groups is 1. The van der Waals surface area contributed by atoms with Crippen molar-refractivity contribution in [1.82, 2.24) is 4.72 Å². The molecule has 2 aromatic carbocycles. The molecule has 4 N–H and O–H groups in total. The van der Waals surface area contributed by atoms with E-state index < -0.39 is 26.0 Å². The van der Waals surface area contributed by atoms with Crippen LogP contribution in [0.2, 0.25) is 0 Å². The fraction of sp³-hybridized carbons (Fsp3) is 0.167. The second-order valence-corrected chi connectivity index (χ2v) is 9.22. The predicted octanol–water partition coefficient (Wildman–Crippen LogP) is 1.39. The van der Waals surface area contributed by atoms with E-state index in [-0.39, 0.29) is 18.7 Å². The molecular weight excluding hydrogens is 402 g/mol. The van der Waals surface area contributed by atoms with Gasteiger partial charge in [-0.05, 0) is 29.3 Å². The maximum atomic E-state index is 12.0. The van der Waals surface area contributed by atoms with Crippen molar-refractivity contribution in [1.29, 1.82) is 0 Å². The van der Waals surface area contributed by atoms with E-state index in [0.29, 0.717) is 11.3 Å². The van der Waals surface area contributed by atoms with Crippen LogP contribution in [0.1, 0.15) is 17.5 Å². The first-order valence-corrected chi connectivity index (χ1v) is 11.5. The molecule has 0 aliphatic heterocycles. The molecule has 0 aliphatic rings. The van der Waals surface area contributed by atoms with Gasteiger partial charge in [-0.15, -0.1) is 0 Å². The first-order valence-electron chi connectivity index (χ1n) is 8.25. The summed E-state index contributed by atoms with van der Waals surface area (Å²) in [4.78, 5) is 12.0. The van der Waals surface area contributed by atoms with E-state index in [4.69, 9.17) is 5.14 Å². The van der Waals surface area contributed by atoms with Gasteiger partial charge < -0.3 is 5.32 Å². The van der Waals surface area contributed by atoms with Gasteiger partial charge in [0, 0.05) is 24.1 Å². The lowest BCUT2D eigenvalue weighted by Gasteiger charge is -2.07. The lowest BCUT2D eigenvalue weighted by Crippen LogP contribution is -2.26. The molecule has 1 amide bonds. The highest BCUT2D eigenvalue weighted by Crippen LogP contribution is 2.12. The van der Waals surface area contributed by atoms with Crippen LogP contribution < -0.4 is 15.2 Å². The molecule has 2 aromatic rings. The number of carbonyl (C=O) groups excluding carboxylic acids is 1. The summed E-state index contributed by atoms with van der Waals surface area (Å²) < 4.78 is 48.4. The minimum absolute atomic E-state index is 0.0792. The second-order valence-electron chi connectivity index (χ2n) is 5.96. The smallest absolute Gasteiger partial charge is 0.233 e. The summed E-state index contributed by atoms with van der Waals surface area (Å²) in [5, 5.41) is 8.62. The number of anilines is 1. The second kappa shape index (κ2) is 9.60. The van der Waals surface area contributed by atoms with Crippen molar-refractivity contribution in [3.63, 3.8) is 0 Å². The Morgan fingerprint density at radius 2 is 1.71 bits per heavy atom. The molecule has 150 valence electrons. The van der Waals surface area contributed by atoms with Gasteiger partial charge in [-0.3, -0.25) is 4.79 Å². The highest BCUT2D eigenvalue weighted by Gasteiger charge is 2.09. The van der Waals surface area contributed by atoms with Gasteiger partial charge in [-0.25, -0.2) is 26.7 Å². The quantitative estimate of drug-likeness (QED) is 0.560. The summed E-state index contributed by atoms with van der Waals surface area (Å²) in [6.07, 6.45) is 1.37. The first-order chi connectivity index (χ1) is 13.1. The highest BCUT2D eigenvalue weighted by molar-refractivity contribution is 7.92. The number of hydrogen-bond acceptors (Lipinski definition) is 5. The zero-order valence-electron chi connectivity index (χ0n) is 14.9. The Kier molecular flexibility index (Phi) is 7.46. The van der Waals surface area contributed by atoms with Crippen LogP contribution in [0.4, 0.5) is 5.69 Å². The van der Waals surface area contributed by atoms with Crippen LogP contribution in [0.25, 0.3) is 6.08 Å². The molecule has 0 unspecified atom stereocenters. The van der Waals surface area contributed by atoms with E-state index in [9.17, 15) is 21.6 Å². The van der Waals surface area contributed by atoms with Crippen molar-refractivity contribution in [3.05, 3.63) is 71.1 Å². The van der Waals surface area contributed by atoms with Crippen molar-refractivity contribution in [3.8, 4) is 0 Å². The van der Waals surface area contributed by atoms with Gasteiger partial charge in [-0.1, -0.05) is 42.5 Å². The summed E-state index contributed by atoms with van der Waals surface area (Å²) in [5.74, 6) is -0.757. The maximum absolute atomic E-state index is 12.0. The van der Waals surface area contributed by atoms with Gasteiger partial charge in [0.25, 0.3) is 0 Å². The van der Waals surface area contributed by atoms with Crippen LogP contribution in [-0.2, 0) is 30.6 Å². The van der Waals surface area contributed by atoms with Crippen molar-refractivity contribution in [2.24, 2.45) is 5.14 Å². The van der Waals surface area contributed by atoms with Crippen LogP contribution in [0.5, 0.6) is 0 Å². The average molecular weight is 424 g/mol. The monoisotopic (exact) mass is 423 g/mol. The van der Waals surface area contributed by atoms with Gasteiger partial charge in [0.2, 0.25) is 26.0 Å². The van der Waals surface area contributed by atoms with Crippen molar-refractivity contribution in [2.45, 2.75) is 12.2 Å². The number of sulfonamides is 2. The normalized spacial score (nSPS) is 12.2. The Morgan fingerprint density at radius 1 is 1.00 bits per heavy atom. The summed E-state index contributed by atoms with van der Waals surface area (Å²) >= 11 is 0. The van der Waals surface area contributed by atoms with Crippen molar-refractivity contribution < 1.29 is 21.6 Å². The predicted molar refractivity (Wildman–Crippen MR) is 109 cm³/mol. The molecule has 10 heteroatoms. The number of rotatable bonds is 9. The molecule has 0 bridgehead atoms. The highest BCUT2D eigenvalue weighted by atomic mass is 32.2. The van der Waals surface area contributed by atoms with E-state index in [2.05, 4.69) is 10.0 Å². The Bertz CT molecular complexity index is 1050. The number of nitrogens with two attached hydrogens (primary N) is 1. The first kappa shape index (κ1) is 21.8. The molecule has 0 saturated carbocycles. The summed E-state index contributed by atoms with van der Waals surface area (Å²) in [6, 6.07) is 15.2. The Balaban J connectivity index is 1.84. The van der Waals surface area contributed by atoms with Gasteiger partial charge >= 0.3 is 0 Å². The third-order valence-electron chi connectivity index (χ3n) is 3.47. The minimum atomic E-state index is -3.67. The van der Waals surface area contributed by atoms with Crippen LogP contribution in [-0.4, -0.2) is 29.3 Å². The zero-order chi connectivity index (χ0) is 20.6. The largest absolute Gasteiger partial charge is 0.326 e. The SMILES string of the molecule is NS(=O)(=O)Cc1cccc(NC(=O)CCNS(=O)(=O)/C=C/c2ccccc2)c1. The van der Waals surface area contributed by atoms with Crippen LogP contribution in [0.3, 0.4) is 0 Å².